The van der Waals surface area contributed by atoms with Crippen LogP contribution in [0.4, 0.5) is 8.78 Å². The lowest BCUT2D eigenvalue weighted by Gasteiger charge is -2.17. The zero-order valence-electron chi connectivity index (χ0n) is 11.0. The van der Waals surface area contributed by atoms with Gasteiger partial charge in [0.25, 0.3) is 0 Å². The Bertz CT molecular complexity index is 644. The molecule has 0 heterocycles. The second kappa shape index (κ2) is 5.89. The van der Waals surface area contributed by atoms with Gasteiger partial charge in [-0.25, -0.2) is 8.78 Å². The van der Waals surface area contributed by atoms with Gasteiger partial charge in [0.1, 0.15) is 23.5 Å². The number of ether oxygens (including phenoxy) is 1. The van der Waals surface area contributed by atoms with Crippen LogP contribution in [0.3, 0.4) is 0 Å². The predicted octanol–water partition coefficient (Wildman–Crippen LogP) is 4.13. The molecule has 106 valence electrons. The van der Waals surface area contributed by atoms with Crippen molar-refractivity contribution in [3.8, 4) is 5.75 Å². The minimum Gasteiger partial charge on any atom is -0.496 e. The molecule has 0 aliphatic rings. The molecule has 0 aromatic heterocycles. The maximum Gasteiger partial charge on any atom is 0.135 e. The van der Waals surface area contributed by atoms with E-state index in [0.29, 0.717) is 11.3 Å². The highest BCUT2D eigenvalue weighted by molar-refractivity contribution is 9.10. The van der Waals surface area contributed by atoms with Gasteiger partial charge in [0.15, 0.2) is 0 Å². The molecular formula is C15H13BrF2O2. The first-order valence-corrected chi connectivity index (χ1v) is 6.71. The number of halogens is 3. The fourth-order valence-corrected chi connectivity index (χ4v) is 2.34. The lowest BCUT2D eigenvalue weighted by Crippen LogP contribution is -2.08. The summed E-state index contributed by atoms with van der Waals surface area (Å²) < 4.78 is 33.8. The summed E-state index contributed by atoms with van der Waals surface area (Å²) in [7, 11) is 1.43. The Morgan fingerprint density at radius 2 is 1.90 bits per heavy atom. The Labute approximate surface area is 124 Å². The number of aliphatic hydroxyl groups is 1. The summed E-state index contributed by atoms with van der Waals surface area (Å²) in [6, 6.07) is 7.34. The van der Waals surface area contributed by atoms with E-state index in [4.69, 9.17) is 4.74 Å². The Morgan fingerprint density at radius 3 is 2.55 bits per heavy atom. The van der Waals surface area contributed by atoms with E-state index in [1.54, 1.807) is 18.2 Å². The molecule has 20 heavy (non-hydrogen) atoms. The summed E-state index contributed by atoms with van der Waals surface area (Å²) in [5, 5.41) is 10.3. The highest BCUT2D eigenvalue weighted by Gasteiger charge is 2.23. The molecule has 0 aliphatic heterocycles. The average Bonchev–Trinajstić information content (AvgIpc) is 2.43. The number of aryl methyl sites for hydroxylation is 1. The zero-order valence-corrected chi connectivity index (χ0v) is 12.5. The van der Waals surface area contributed by atoms with Crippen molar-refractivity contribution < 1.29 is 18.6 Å². The topological polar surface area (TPSA) is 29.5 Å². The lowest BCUT2D eigenvalue weighted by molar-refractivity contribution is 0.203. The molecule has 0 saturated heterocycles. The van der Waals surface area contributed by atoms with Gasteiger partial charge in [-0.15, -0.1) is 0 Å². The minimum atomic E-state index is -1.43. The van der Waals surface area contributed by atoms with E-state index >= 15 is 0 Å². The van der Waals surface area contributed by atoms with Crippen LogP contribution in [0.25, 0.3) is 0 Å². The third-order valence-electron chi connectivity index (χ3n) is 3.08. The molecule has 2 aromatic carbocycles. The van der Waals surface area contributed by atoms with E-state index in [-0.39, 0.29) is 11.1 Å². The van der Waals surface area contributed by atoms with Gasteiger partial charge in [0, 0.05) is 10.0 Å². The zero-order chi connectivity index (χ0) is 14.9. The van der Waals surface area contributed by atoms with Gasteiger partial charge in [-0.1, -0.05) is 28.1 Å². The summed E-state index contributed by atoms with van der Waals surface area (Å²) in [6.45, 7) is 1.52. The lowest BCUT2D eigenvalue weighted by atomic mass is 9.98. The summed E-state index contributed by atoms with van der Waals surface area (Å²) in [6.07, 6.45) is -1.43. The van der Waals surface area contributed by atoms with Gasteiger partial charge in [-0.05, 0) is 30.7 Å². The number of benzene rings is 2. The maximum atomic E-state index is 14.1. The van der Waals surface area contributed by atoms with Gasteiger partial charge < -0.3 is 9.84 Å². The first kappa shape index (κ1) is 14.9. The van der Waals surface area contributed by atoms with Crippen LogP contribution in [-0.2, 0) is 0 Å². The van der Waals surface area contributed by atoms with Gasteiger partial charge in [0.2, 0.25) is 0 Å². The molecular weight excluding hydrogens is 330 g/mol. The van der Waals surface area contributed by atoms with Crippen molar-refractivity contribution in [1.82, 2.24) is 0 Å². The number of hydrogen-bond donors (Lipinski definition) is 1. The Balaban J connectivity index is 2.57. The van der Waals surface area contributed by atoms with E-state index in [9.17, 15) is 13.9 Å². The van der Waals surface area contributed by atoms with E-state index in [2.05, 4.69) is 15.9 Å². The monoisotopic (exact) mass is 342 g/mol. The fourth-order valence-electron chi connectivity index (χ4n) is 2.00. The Hall–Kier alpha value is -1.46. The molecule has 2 rings (SSSR count). The number of hydrogen-bond acceptors (Lipinski definition) is 2. The maximum absolute atomic E-state index is 14.1. The molecule has 2 nitrogen and oxygen atoms in total. The molecule has 0 bridgehead atoms. The third-order valence-corrected chi connectivity index (χ3v) is 3.58. The molecule has 1 atom stereocenters. The first-order chi connectivity index (χ1) is 9.45. The van der Waals surface area contributed by atoms with Crippen molar-refractivity contribution in [3.05, 3.63) is 63.1 Å². The fraction of sp³-hybridized carbons (Fsp3) is 0.200. The van der Waals surface area contributed by atoms with Crippen LogP contribution in [0.2, 0.25) is 0 Å². The molecule has 0 spiro atoms. The molecule has 0 saturated carbocycles. The largest absolute Gasteiger partial charge is 0.496 e. The molecule has 1 unspecified atom stereocenters. The van der Waals surface area contributed by atoms with Crippen molar-refractivity contribution in [3.63, 3.8) is 0 Å². The summed E-state index contributed by atoms with van der Waals surface area (Å²) in [4.78, 5) is 0. The average molecular weight is 343 g/mol. The van der Waals surface area contributed by atoms with Crippen LogP contribution >= 0.6 is 15.9 Å². The molecule has 0 amide bonds. The number of aliphatic hydroxyl groups excluding tert-OH is 1. The minimum absolute atomic E-state index is 0.275. The van der Waals surface area contributed by atoms with Crippen LogP contribution in [0, 0.1) is 18.6 Å². The first-order valence-electron chi connectivity index (χ1n) is 5.91. The molecule has 0 fully saturated rings. The predicted molar refractivity (Wildman–Crippen MR) is 75.9 cm³/mol. The molecule has 0 radical (unpaired) electrons. The van der Waals surface area contributed by atoms with Crippen molar-refractivity contribution >= 4 is 15.9 Å². The second-order valence-electron chi connectivity index (χ2n) is 4.38. The van der Waals surface area contributed by atoms with Gasteiger partial charge in [0.05, 0.1) is 12.7 Å². The number of rotatable bonds is 3. The summed E-state index contributed by atoms with van der Waals surface area (Å²) in [5.41, 5.74) is 0.209. The van der Waals surface area contributed by atoms with Crippen molar-refractivity contribution in [2.24, 2.45) is 0 Å². The smallest absolute Gasteiger partial charge is 0.135 e. The quantitative estimate of drug-likeness (QED) is 0.908. The molecule has 2 aromatic rings. The van der Waals surface area contributed by atoms with Gasteiger partial charge >= 0.3 is 0 Å². The van der Waals surface area contributed by atoms with Crippen LogP contribution in [0.5, 0.6) is 5.75 Å². The van der Waals surface area contributed by atoms with Gasteiger partial charge in [-0.3, -0.25) is 0 Å². The van der Waals surface area contributed by atoms with Crippen LogP contribution < -0.4 is 4.74 Å². The second-order valence-corrected chi connectivity index (χ2v) is 5.30. The van der Waals surface area contributed by atoms with Gasteiger partial charge in [-0.2, -0.15) is 0 Å². The number of methoxy groups -OCH3 is 1. The third kappa shape index (κ3) is 2.69. The highest BCUT2D eigenvalue weighted by atomic mass is 79.9. The standard InChI is InChI=1S/C15H13BrF2O2/c1-8-3-6-11(17)13(14(8)18)15(19)10-5-4-9(16)7-12(10)20-2/h3-7,15,19H,1-2H3. The highest BCUT2D eigenvalue weighted by Crippen LogP contribution is 2.35. The van der Waals surface area contributed by atoms with E-state index in [1.165, 1.54) is 20.1 Å². The van der Waals surface area contributed by atoms with E-state index in [0.717, 1.165) is 10.5 Å². The summed E-state index contributed by atoms with van der Waals surface area (Å²) >= 11 is 3.27. The SMILES string of the molecule is COc1cc(Br)ccc1C(O)c1c(F)ccc(C)c1F. The summed E-state index contributed by atoms with van der Waals surface area (Å²) in [5.74, 6) is -1.18. The van der Waals surface area contributed by atoms with Crippen LogP contribution in [0.1, 0.15) is 22.8 Å². The van der Waals surface area contributed by atoms with Crippen LogP contribution in [0.15, 0.2) is 34.8 Å². The van der Waals surface area contributed by atoms with Crippen LogP contribution in [-0.4, -0.2) is 12.2 Å². The van der Waals surface area contributed by atoms with E-state index in [1.807, 2.05) is 0 Å². The van der Waals surface area contributed by atoms with Crippen molar-refractivity contribution in [2.75, 3.05) is 7.11 Å². The van der Waals surface area contributed by atoms with Crippen molar-refractivity contribution in [1.29, 1.82) is 0 Å². The normalized spacial score (nSPS) is 12.3. The molecule has 1 N–H and O–H groups in total. The molecule has 5 heteroatoms. The Kier molecular flexibility index (Phi) is 4.40. The van der Waals surface area contributed by atoms with E-state index < -0.39 is 17.7 Å². The van der Waals surface area contributed by atoms with Crippen molar-refractivity contribution in [2.45, 2.75) is 13.0 Å². The molecule has 0 aliphatic carbocycles. The Morgan fingerprint density at radius 1 is 1.20 bits per heavy atom.